The molecule has 134 valence electrons. The highest BCUT2D eigenvalue weighted by Gasteiger charge is 2.07. The third-order valence-electron chi connectivity index (χ3n) is 3.83. The monoisotopic (exact) mass is 343 g/mol. The van der Waals surface area contributed by atoms with Gasteiger partial charge in [-0.05, 0) is 38.0 Å². The molecule has 0 atom stereocenters. The molecule has 1 amide bonds. The van der Waals surface area contributed by atoms with E-state index in [-0.39, 0.29) is 5.91 Å². The Hall–Kier alpha value is -2.83. The second-order valence-corrected chi connectivity index (χ2v) is 5.63. The number of carbonyl (C=O) groups is 1. The highest BCUT2D eigenvalue weighted by molar-refractivity contribution is 5.94. The summed E-state index contributed by atoms with van der Waals surface area (Å²) in [6.07, 6.45) is 0.781. The van der Waals surface area contributed by atoms with Crippen LogP contribution in [0.25, 0.3) is 0 Å². The molecule has 25 heavy (non-hydrogen) atoms. The van der Waals surface area contributed by atoms with Gasteiger partial charge < -0.3 is 20.4 Å². The first-order chi connectivity index (χ1) is 12.0. The molecule has 0 bridgehead atoms. The Bertz CT molecular complexity index is 732. The number of amides is 1. The van der Waals surface area contributed by atoms with E-state index in [9.17, 15) is 4.79 Å². The van der Waals surface area contributed by atoms with E-state index in [0.29, 0.717) is 30.5 Å². The normalized spacial score (nSPS) is 11.3. The molecular weight excluding hydrogens is 318 g/mol. The van der Waals surface area contributed by atoms with Crippen molar-refractivity contribution >= 4 is 11.9 Å². The Morgan fingerprint density at radius 2 is 2.08 bits per heavy atom. The molecule has 0 spiro atoms. The topological polar surface area (TPSA) is 91.5 Å². The van der Waals surface area contributed by atoms with E-state index in [2.05, 4.69) is 25.9 Å². The van der Waals surface area contributed by atoms with E-state index in [1.54, 1.807) is 20.2 Å². The lowest BCUT2D eigenvalue weighted by Crippen LogP contribution is -2.37. The molecule has 1 aromatic heterocycles. The van der Waals surface area contributed by atoms with Gasteiger partial charge in [0.25, 0.3) is 5.91 Å². The van der Waals surface area contributed by atoms with Crippen LogP contribution in [0.15, 0.2) is 33.7 Å². The Balaban J connectivity index is 1.82. The van der Waals surface area contributed by atoms with Crippen LogP contribution in [-0.2, 0) is 13.0 Å². The Kier molecular flexibility index (Phi) is 6.56. The van der Waals surface area contributed by atoms with E-state index in [4.69, 9.17) is 4.42 Å². The molecule has 0 saturated heterocycles. The van der Waals surface area contributed by atoms with Crippen LogP contribution in [-0.4, -0.2) is 37.5 Å². The fourth-order valence-electron chi connectivity index (χ4n) is 2.33. The Labute approximate surface area is 147 Å². The molecular formula is C18H25N5O2. The number of aliphatic imine (C=N–C) groups is 1. The van der Waals surface area contributed by atoms with Crippen molar-refractivity contribution in [2.24, 2.45) is 4.99 Å². The number of carbonyl (C=O) groups excluding carboxylic acids is 1. The van der Waals surface area contributed by atoms with E-state index < -0.39 is 0 Å². The summed E-state index contributed by atoms with van der Waals surface area (Å²) in [4.78, 5) is 20.2. The van der Waals surface area contributed by atoms with Gasteiger partial charge in [0.2, 0.25) is 5.89 Å². The number of benzene rings is 1. The summed E-state index contributed by atoms with van der Waals surface area (Å²) >= 11 is 0. The summed E-state index contributed by atoms with van der Waals surface area (Å²) in [6, 6.07) is 7.59. The first-order valence-electron chi connectivity index (χ1n) is 8.22. The van der Waals surface area contributed by atoms with Crippen LogP contribution < -0.4 is 16.0 Å². The number of oxazole rings is 1. The Morgan fingerprint density at radius 1 is 1.28 bits per heavy atom. The predicted molar refractivity (Wildman–Crippen MR) is 97.7 cm³/mol. The van der Waals surface area contributed by atoms with Crippen LogP contribution in [0.3, 0.4) is 0 Å². The quantitative estimate of drug-likeness (QED) is 0.547. The molecule has 0 aliphatic rings. The van der Waals surface area contributed by atoms with Crippen molar-refractivity contribution in [1.82, 2.24) is 20.9 Å². The number of hydrogen-bond donors (Lipinski definition) is 3. The van der Waals surface area contributed by atoms with Gasteiger partial charge in [0.15, 0.2) is 5.96 Å². The van der Waals surface area contributed by atoms with Crippen LogP contribution in [0.1, 0.15) is 33.3 Å². The van der Waals surface area contributed by atoms with Gasteiger partial charge in [-0.15, -0.1) is 0 Å². The minimum atomic E-state index is -0.0798. The lowest BCUT2D eigenvalue weighted by atomic mass is 10.1. The standard InChI is InChI=1S/C18H25N5O2/c1-12-13(2)25-16(23-12)11-22-18(20-4)21-9-8-14-6-5-7-15(10-14)17(24)19-3/h5-7,10H,8-9,11H2,1-4H3,(H,19,24)(H2,20,21,22). The van der Waals surface area contributed by atoms with Gasteiger partial charge in [-0.1, -0.05) is 12.1 Å². The molecule has 7 nitrogen and oxygen atoms in total. The lowest BCUT2D eigenvalue weighted by Gasteiger charge is -2.11. The van der Waals surface area contributed by atoms with Crippen molar-refractivity contribution in [3.05, 3.63) is 52.7 Å². The number of aryl methyl sites for hydroxylation is 2. The zero-order valence-corrected chi connectivity index (χ0v) is 15.1. The molecule has 0 aliphatic carbocycles. The number of nitrogens with one attached hydrogen (secondary N) is 3. The van der Waals surface area contributed by atoms with Gasteiger partial charge in [0.1, 0.15) is 5.76 Å². The van der Waals surface area contributed by atoms with Crippen molar-refractivity contribution < 1.29 is 9.21 Å². The Morgan fingerprint density at radius 3 is 2.72 bits per heavy atom. The summed E-state index contributed by atoms with van der Waals surface area (Å²) in [6.45, 7) is 4.98. The van der Waals surface area contributed by atoms with Crippen molar-refractivity contribution in [2.45, 2.75) is 26.8 Å². The smallest absolute Gasteiger partial charge is 0.251 e. The maximum atomic E-state index is 11.7. The first-order valence-corrected chi connectivity index (χ1v) is 8.22. The third kappa shape index (κ3) is 5.34. The van der Waals surface area contributed by atoms with Crippen molar-refractivity contribution in [3.8, 4) is 0 Å². The number of guanidine groups is 1. The first kappa shape index (κ1) is 18.5. The molecule has 1 heterocycles. The molecule has 0 saturated carbocycles. The van der Waals surface area contributed by atoms with Gasteiger partial charge in [-0.25, -0.2) is 4.98 Å². The number of aromatic nitrogens is 1. The fraction of sp³-hybridized carbons (Fsp3) is 0.389. The van der Waals surface area contributed by atoms with Gasteiger partial charge in [-0.3, -0.25) is 9.79 Å². The molecule has 2 aromatic rings. The molecule has 1 aromatic carbocycles. The molecule has 7 heteroatoms. The third-order valence-corrected chi connectivity index (χ3v) is 3.83. The van der Waals surface area contributed by atoms with Crippen LogP contribution >= 0.6 is 0 Å². The summed E-state index contributed by atoms with van der Waals surface area (Å²) in [7, 11) is 3.34. The number of nitrogens with zero attached hydrogens (tertiary/aromatic N) is 2. The van der Waals surface area contributed by atoms with Crippen LogP contribution in [0, 0.1) is 13.8 Å². The van der Waals surface area contributed by atoms with Gasteiger partial charge >= 0.3 is 0 Å². The zero-order valence-electron chi connectivity index (χ0n) is 15.1. The minimum Gasteiger partial charge on any atom is -0.444 e. The summed E-state index contributed by atoms with van der Waals surface area (Å²) < 4.78 is 5.53. The van der Waals surface area contributed by atoms with Gasteiger partial charge in [-0.2, -0.15) is 0 Å². The minimum absolute atomic E-state index is 0.0798. The molecule has 0 radical (unpaired) electrons. The van der Waals surface area contributed by atoms with E-state index in [1.165, 1.54) is 0 Å². The maximum absolute atomic E-state index is 11.7. The highest BCUT2D eigenvalue weighted by Crippen LogP contribution is 2.08. The van der Waals surface area contributed by atoms with Crippen LogP contribution in [0.2, 0.25) is 0 Å². The second-order valence-electron chi connectivity index (χ2n) is 5.63. The van der Waals surface area contributed by atoms with E-state index in [1.807, 2.05) is 32.0 Å². The molecule has 0 fully saturated rings. The van der Waals surface area contributed by atoms with Crippen LogP contribution in [0.5, 0.6) is 0 Å². The predicted octanol–water partition coefficient (Wildman–Crippen LogP) is 1.56. The van der Waals surface area contributed by atoms with Crippen LogP contribution in [0.4, 0.5) is 0 Å². The molecule has 0 aliphatic heterocycles. The molecule has 0 unspecified atom stereocenters. The maximum Gasteiger partial charge on any atom is 0.251 e. The highest BCUT2D eigenvalue weighted by atomic mass is 16.4. The number of rotatable bonds is 6. The average molecular weight is 343 g/mol. The van der Waals surface area contributed by atoms with Crippen molar-refractivity contribution in [2.75, 3.05) is 20.6 Å². The van der Waals surface area contributed by atoms with E-state index in [0.717, 1.165) is 23.4 Å². The van der Waals surface area contributed by atoms with Crippen molar-refractivity contribution in [3.63, 3.8) is 0 Å². The van der Waals surface area contributed by atoms with Crippen molar-refractivity contribution in [1.29, 1.82) is 0 Å². The average Bonchev–Trinajstić information content (AvgIpc) is 2.95. The lowest BCUT2D eigenvalue weighted by molar-refractivity contribution is 0.0963. The van der Waals surface area contributed by atoms with E-state index >= 15 is 0 Å². The fourth-order valence-corrected chi connectivity index (χ4v) is 2.33. The number of hydrogen-bond acceptors (Lipinski definition) is 4. The van der Waals surface area contributed by atoms with Gasteiger partial charge in [0.05, 0.1) is 12.2 Å². The zero-order chi connectivity index (χ0) is 18.2. The largest absolute Gasteiger partial charge is 0.444 e. The molecule has 2 rings (SSSR count). The summed E-state index contributed by atoms with van der Waals surface area (Å²) in [5.74, 6) is 2.06. The molecule has 3 N–H and O–H groups in total. The SMILES string of the molecule is CN=C(NCCc1cccc(C(=O)NC)c1)NCc1nc(C)c(C)o1. The second kappa shape index (κ2) is 8.86. The summed E-state index contributed by atoms with van der Waals surface area (Å²) in [5.41, 5.74) is 2.65. The van der Waals surface area contributed by atoms with Gasteiger partial charge in [0, 0.05) is 26.2 Å². The summed E-state index contributed by atoms with van der Waals surface area (Å²) in [5, 5.41) is 9.04.